The number of halogens is 2. The van der Waals surface area contributed by atoms with Gasteiger partial charge in [-0.25, -0.2) is 9.82 Å². The lowest BCUT2D eigenvalue weighted by molar-refractivity contribution is 0.402. The van der Waals surface area contributed by atoms with E-state index in [1.807, 2.05) is 6.07 Å². The van der Waals surface area contributed by atoms with E-state index in [1.165, 1.54) is 19.2 Å². The summed E-state index contributed by atoms with van der Waals surface area (Å²) < 4.78 is 19.5. The van der Waals surface area contributed by atoms with Gasteiger partial charge in [0, 0.05) is 22.4 Å². The van der Waals surface area contributed by atoms with Crippen molar-refractivity contribution in [2.24, 2.45) is 5.84 Å². The molecule has 0 fully saturated rings. The van der Waals surface area contributed by atoms with Gasteiger partial charge in [-0.2, -0.15) is 0 Å². The number of hydrogen-bond donors (Lipinski definition) is 2. The number of nitrogens with zero attached hydrogens (tertiary/aromatic N) is 1. The van der Waals surface area contributed by atoms with Crippen molar-refractivity contribution in [2.75, 3.05) is 7.11 Å². The molecule has 100 valence electrons. The summed E-state index contributed by atoms with van der Waals surface area (Å²) in [5.74, 6) is 5.80. The standard InChI is InChI=1S/C13H13BrFN3O/c1-19-12-3-2-10(15)5-11(12)13(18-16)8-4-9(14)7-17-6-8/h2-7,13,18H,16H2,1H3. The van der Waals surface area contributed by atoms with E-state index in [-0.39, 0.29) is 5.82 Å². The van der Waals surface area contributed by atoms with Crippen LogP contribution in [-0.2, 0) is 0 Å². The quantitative estimate of drug-likeness (QED) is 0.670. The minimum atomic E-state index is -0.407. The third-order valence-corrected chi connectivity index (χ3v) is 3.16. The molecule has 0 aliphatic rings. The Morgan fingerprint density at radius 2 is 2.16 bits per heavy atom. The number of hydrogen-bond acceptors (Lipinski definition) is 4. The van der Waals surface area contributed by atoms with E-state index in [1.54, 1.807) is 18.5 Å². The zero-order valence-corrected chi connectivity index (χ0v) is 11.8. The fraction of sp³-hybridized carbons (Fsp3) is 0.154. The first-order chi connectivity index (χ1) is 9.15. The number of ether oxygens (including phenoxy) is 1. The lowest BCUT2D eigenvalue weighted by Gasteiger charge is -2.19. The average Bonchev–Trinajstić information content (AvgIpc) is 2.40. The van der Waals surface area contributed by atoms with Crippen LogP contribution in [0.4, 0.5) is 4.39 Å². The zero-order chi connectivity index (χ0) is 13.8. The summed E-state index contributed by atoms with van der Waals surface area (Å²) in [5, 5.41) is 0. The summed E-state index contributed by atoms with van der Waals surface area (Å²) in [4.78, 5) is 4.08. The number of hydrazine groups is 1. The van der Waals surface area contributed by atoms with Gasteiger partial charge in [-0.05, 0) is 45.8 Å². The molecule has 1 aromatic carbocycles. The molecule has 0 aliphatic carbocycles. The number of benzene rings is 1. The molecule has 0 aliphatic heterocycles. The molecular weight excluding hydrogens is 313 g/mol. The third kappa shape index (κ3) is 3.09. The van der Waals surface area contributed by atoms with Crippen LogP contribution in [0.3, 0.4) is 0 Å². The van der Waals surface area contributed by atoms with Gasteiger partial charge in [0.05, 0.1) is 13.2 Å². The SMILES string of the molecule is COc1ccc(F)cc1C(NN)c1cncc(Br)c1. The van der Waals surface area contributed by atoms with Gasteiger partial charge in [-0.1, -0.05) is 0 Å². The zero-order valence-electron chi connectivity index (χ0n) is 10.2. The highest BCUT2D eigenvalue weighted by Crippen LogP contribution is 2.30. The smallest absolute Gasteiger partial charge is 0.124 e. The molecule has 6 heteroatoms. The van der Waals surface area contributed by atoms with Crippen molar-refractivity contribution >= 4 is 15.9 Å². The molecule has 3 N–H and O–H groups in total. The second-order valence-corrected chi connectivity index (χ2v) is 4.84. The van der Waals surface area contributed by atoms with Gasteiger partial charge in [0.2, 0.25) is 0 Å². The van der Waals surface area contributed by atoms with Crippen LogP contribution in [0.2, 0.25) is 0 Å². The van der Waals surface area contributed by atoms with Crippen molar-refractivity contribution in [1.29, 1.82) is 0 Å². The maximum Gasteiger partial charge on any atom is 0.124 e. The van der Waals surface area contributed by atoms with Gasteiger partial charge in [0.1, 0.15) is 11.6 Å². The molecule has 0 radical (unpaired) electrons. The lowest BCUT2D eigenvalue weighted by Crippen LogP contribution is -2.29. The van der Waals surface area contributed by atoms with Gasteiger partial charge in [-0.15, -0.1) is 0 Å². The topological polar surface area (TPSA) is 60.2 Å². The van der Waals surface area contributed by atoms with Gasteiger partial charge in [0.25, 0.3) is 0 Å². The summed E-state index contributed by atoms with van der Waals surface area (Å²) in [5.41, 5.74) is 4.08. The monoisotopic (exact) mass is 325 g/mol. The predicted molar refractivity (Wildman–Crippen MR) is 74.1 cm³/mol. The summed E-state index contributed by atoms with van der Waals surface area (Å²) in [7, 11) is 1.53. The molecule has 2 aromatic rings. The van der Waals surface area contributed by atoms with Crippen LogP contribution in [0.15, 0.2) is 41.1 Å². The Kier molecular flexibility index (Phi) is 4.47. The first-order valence-corrected chi connectivity index (χ1v) is 6.35. The first-order valence-electron chi connectivity index (χ1n) is 5.55. The highest BCUT2D eigenvalue weighted by atomic mass is 79.9. The lowest BCUT2D eigenvalue weighted by atomic mass is 10.00. The number of aromatic nitrogens is 1. The molecule has 1 aromatic heterocycles. The van der Waals surface area contributed by atoms with E-state index in [2.05, 4.69) is 26.3 Å². The van der Waals surface area contributed by atoms with E-state index in [4.69, 9.17) is 10.6 Å². The fourth-order valence-corrected chi connectivity index (χ4v) is 2.27. The van der Waals surface area contributed by atoms with Crippen LogP contribution in [-0.4, -0.2) is 12.1 Å². The molecule has 0 saturated carbocycles. The van der Waals surface area contributed by atoms with Crippen molar-refractivity contribution in [2.45, 2.75) is 6.04 Å². The molecule has 1 unspecified atom stereocenters. The van der Waals surface area contributed by atoms with E-state index < -0.39 is 6.04 Å². The van der Waals surface area contributed by atoms with E-state index >= 15 is 0 Å². The largest absolute Gasteiger partial charge is 0.496 e. The number of nitrogens with one attached hydrogen (secondary N) is 1. The number of rotatable bonds is 4. The molecule has 0 amide bonds. The minimum absolute atomic E-state index is 0.348. The molecular formula is C13H13BrFN3O. The Labute approximate surface area is 118 Å². The van der Waals surface area contributed by atoms with Gasteiger partial charge in [-0.3, -0.25) is 10.8 Å². The second kappa shape index (κ2) is 6.10. The highest BCUT2D eigenvalue weighted by molar-refractivity contribution is 9.10. The Balaban J connectivity index is 2.50. The maximum absolute atomic E-state index is 13.4. The fourth-order valence-electron chi connectivity index (χ4n) is 1.88. The second-order valence-electron chi connectivity index (χ2n) is 3.92. The number of nitrogens with two attached hydrogens (primary N) is 1. The van der Waals surface area contributed by atoms with Crippen LogP contribution < -0.4 is 16.0 Å². The molecule has 2 rings (SSSR count). The average molecular weight is 326 g/mol. The molecule has 0 spiro atoms. The Hall–Kier alpha value is -1.50. The molecule has 1 heterocycles. The van der Waals surface area contributed by atoms with E-state index in [0.717, 1.165) is 10.0 Å². The first kappa shape index (κ1) is 13.9. The van der Waals surface area contributed by atoms with Gasteiger partial charge in [0.15, 0.2) is 0 Å². The molecule has 0 saturated heterocycles. The summed E-state index contributed by atoms with van der Waals surface area (Å²) in [6.07, 6.45) is 3.33. The number of pyridine rings is 1. The van der Waals surface area contributed by atoms with Crippen molar-refractivity contribution in [1.82, 2.24) is 10.4 Å². The van der Waals surface area contributed by atoms with E-state index in [9.17, 15) is 4.39 Å². The number of methoxy groups -OCH3 is 1. The van der Waals surface area contributed by atoms with Crippen LogP contribution in [0, 0.1) is 5.82 Å². The Bertz CT molecular complexity index is 580. The van der Waals surface area contributed by atoms with Crippen molar-refractivity contribution in [3.63, 3.8) is 0 Å². The predicted octanol–water partition coefficient (Wildman–Crippen LogP) is 2.54. The summed E-state index contributed by atoms with van der Waals surface area (Å²) >= 11 is 3.35. The van der Waals surface area contributed by atoms with Crippen molar-refractivity contribution in [3.05, 3.63) is 58.1 Å². The third-order valence-electron chi connectivity index (χ3n) is 2.73. The minimum Gasteiger partial charge on any atom is -0.496 e. The molecule has 19 heavy (non-hydrogen) atoms. The van der Waals surface area contributed by atoms with Crippen LogP contribution in [0.1, 0.15) is 17.2 Å². The van der Waals surface area contributed by atoms with Crippen molar-refractivity contribution in [3.8, 4) is 5.75 Å². The molecule has 4 nitrogen and oxygen atoms in total. The van der Waals surface area contributed by atoms with Crippen LogP contribution in [0.25, 0.3) is 0 Å². The molecule has 1 atom stereocenters. The maximum atomic E-state index is 13.4. The van der Waals surface area contributed by atoms with Gasteiger partial charge >= 0.3 is 0 Å². The van der Waals surface area contributed by atoms with Crippen molar-refractivity contribution < 1.29 is 9.13 Å². The van der Waals surface area contributed by atoms with Crippen LogP contribution >= 0.6 is 15.9 Å². The van der Waals surface area contributed by atoms with Gasteiger partial charge < -0.3 is 4.74 Å². The van der Waals surface area contributed by atoms with E-state index in [0.29, 0.717) is 11.3 Å². The Morgan fingerprint density at radius 1 is 1.37 bits per heavy atom. The highest BCUT2D eigenvalue weighted by Gasteiger charge is 2.18. The normalized spacial score (nSPS) is 12.2. The summed E-state index contributed by atoms with van der Waals surface area (Å²) in [6, 6.07) is 5.76. The summed E-state index contributed by atoms with van der Waals surface area (Å²) in [6.45, 7) is 0. The van der Waals surface area contributed by atoms with Crippen LogP contribution in [0.5, 0.6) is 5.75 Å². The molecule has 0 bridgehead atoms. The Morgan fingerprint density at radius 3 is 2.79 bits per heavy atom.